The summed E-state index contributed by atoms with van der Waals surface area (Å²) >= 11 is 1.87. The summed E-state index contributed by atoms with van der Waals surface area (Å²) in [5, 5.41) is 7.14. The number of hydrogen-bond acceptors (Lipinski definition) is 2. The fraction of sp³-hybridized carbons (Fsp3) is 0.429. The molecule has 1 heterocycles. The number of rotatable bonds is 6. The molecule has 16 heavy (non-hydrogen) atoms. The number of aryl methyl sites for hydroxylation is 1. The molecule has 1 aromatic carbocycles. The van der Waals surface area contributed by atoms with E-state index in [1.165, 1.54) is 34.9 Å². The highest BCUT2D eigenvalue weighted by Crippen LogP contribution is 2.26. The molecule has 0 saturated carbocycles. The topological polar surface area (TPSA) is 12.0 Å². The normalized spacial score (nSPS) is 11.1. The quantitative estimate of drug-likeness (QED) is 0.748. The van der Waals surface area contributed by atoms with E-state index in [9.17, 15) is 0 Å². The average molecular weight is 233 g/mol. The Bertz CT molecular complexity index is 433. The molecule has 1 aromatic heterocycles. The number of hydrogen-bond donors (Lipinski definition) is 1. The third kappa shape index (κ3) is 2.83. The molecule has 2 heteroatoms. The van der Waals surface area contributed by atoms with Crippen molar-refractivity contribution in [2.75, 3.05) is 13.1 Å². The van der Waals surface area contributed by atoms with Gasteiger partial charge in [-0.05, 0) is 54.7 Å². The molecule has 0 spiro atoms. The highest BCUT2D eigenvalue weighted by molar-refractivity contribution is 7.17. The third-order valence-electron chi connectivity index (χ3n) is 2.86. The monoisotopic (exact) mass is 233 g/mol. The van der Waals surface area contributed by atoms with Crippen molar-refractivity contribution in [3.05, 3.63) is 35.2 Å². The van der Waals surface area contributed by atoms with E-state index in [0.29, 0.717) is 0 Å². The largest absolute Gasteiger partial charge is 0.317 e. The minimum atomic E-state index is 1.08. The molecule has 0 amide bonds. The Labute approximate surface area is 101 Å². The molecule has 2 aromatic rings. The molecule has 86 valence electrons. The molecule has 2 rings (SSSR count). The second-order valence-corrected chi connectivity index (χ2v) is 4.98. The van der Waals surface area contributed by atoms with Crippen molar-refractivity contribution >= 4 is 21.4 Å². The number of fused-ring (bicyclic) bond motifs is 1. The van der Waals surface area contributed by atoms with Crippen LogP contribution in [0.2, 0.25) is 0 Å². The van der Waals surface area contributed by atoms with Gasteiger partial charge in [0.15, 0.2) is 0 Å². The van der Waals surface area contributed by atoms with Gasteiger partial charge in [-0.15, -0.1) is 11.3 Å². The molecule has 1 nitrogen and oxygen atoms in total. The fourth-order valence-electron chi connectivity index (χ4n) is 1.97. The lowest BCUT2D eigenvalue weighted by Gasteiger charge is -2.01. The average Bonchev–Trinajstić information content (AvgIpc) is 2.73. The predicted molar refractivity (Wildman–Crippen MR) is 73.3 cm³/mol. The van der Waals surface area contributed by atoms with Gasteiger partial charge in [0.25, 0.3) is 0 Å². The summed E-state index contributed by atoms with van der Waals surface area (Å²) in [6.45, 7) is 4.40. The van der Waals surface area contributed by atoms with E-state index in [0.717, 1.165) is 13.1 Å². The molecule has 0 radical (unpaired) electrons. The maximum absolute atomic E-state index is 3.37. The fourth-order valence-corrected chi connectivity index (χ4v) is 2.97. The van der Waals surface area contributed by atoms with Crippen LogP contribution in [0.4, 0.5) is 0 Å². The van der Waals surface area contributed by atoms with Crippen LogP contribution in [0, 0.1) is 0 Å². The van der Waals surface area contributed by atoms with Gasteiger partial charge in [-0.2, -0.15) is 0 Å². The Kier molecular flexibility index (Phi) is 4.37. The second-order valence-electron chi connectivity index (χ2n) is 4.07. The van der Waals surface area contributed by atoms with E-state index >= 15 is 0 Å². The molecule has 0 unspecified atom stereocenters. The summed E-state index contributed by atoms with van der Waals surface area (Å²) in [5.74, 6) is 0. The van der Waals surface area contributed by atoms with Gasteiger partial charge in [0, 0.05) is 4.70 Å². The predicted octanol–water partition coefficient (Wildman–Crippen LogP) is 3.83. The minimum Gasteiger partial charge on any atom is -0.317 e. The Morgan fingerprint density at radius 2 is 2.06 bits per heavy atom. The SMILES string of the molecule is CCNCCCCc1csc2ccccc12. The van der Waals surface area contributed by atoms with Gasteiger partial charge in [0.05, 0.1) is 0 Å². The third-order valence-corrected chi connectivity index (χ3v) is 3.87. The summed E-state index contributed by atoms with van der Waals surface area (Å²) < 4.78 is 1.42. The number of thiophene rings is 1. The van der Waals surface area contributed by atoms with E-state index in [2.05, 4.69) is 41.9 Å². The number of unbranched alkanes of at least 4 members (excludes halogenated alkanes) is 1. The van der Waals surface area contributed by atoms with E-state index < -0.39 is 0 Å². The summed E-state index contributed by atoms with van der Waals surface area (Å²) in [6.07, 6.45) is 3.78. The molecule has 0 fully saturated rings. The Morgan fingerprint density at radius 3 is 2.94 bits per heavy atom. The van der Waals surface area contributed by atoms with Gasteiger partial charge in [-0.3, -0.25) is 0 Å². The molecular formula is C14H19NS. The second kappa shape index (κ2) is 6.02. The van der Waals surface area contributed by atoms with Crippen molar-refractivity contribution in [1.29, 1.82) is 0 Å². The first-order valence-electron chi connectivity index (χ1n) is 6.07. The van der Waals surface area contributed by atoms with E-state index in [1.54, 1.807) is 0 Å². The molecule has 0 aliphatic rings. The van der Waals surface area contributed by atoms with Crippen molar-refractivity contribution in [2.24, 2.45) is 0 Å². The van der Waals surface area contributed by atoms with Crippen molar-refractivity contribution in [2.45, 2.75) is 26.2 Å². The van der Waals surface area contributed by atoms with E-state index in [4.69, 9.17) is 0 Å². The van der Waals surface area contributed by atoms with Gasteiger partial charge in [-0.25, -0.2) is 0 Å². The molecule has 0 aliphatic carbocycles. The van der Waals surface area contributed by atoms with Crippen LogP contribution in [0.15, 0.2) is 29.6 Å². The zero-order valence-corrected chi connectivity index (χ0v) is 10.6. The van der Waals surface area contributed by atoms with Crippen LogP contribution in [0.5, 0.6) is 0 Å². The standard InChI is InChI=1S/C14H19NS/c1-2-15-10-6-5-7-12-11-16-14-9-4-3-8-13(12)14/h3-4,8-9,11,15H,2,5-7,10H2,1H3. The Balaban J connectivity index is 1.89. The van der Waals surface area contributed by atoms with Crippen LogP contribution in [0.1, 0.15) is 25.3 Å². The van der Waals surface area contributed by atoms with Crippen LogP contribution in [-0.2, 0) is 6.42 Å². The maximum Gasteiger partial charge on any atom is 0.0345 e. The summed E-state index contributed by atoms with van der Waals surface area (Å²) in [4.78, 5) is 0. The first kappa shape index (κ1) is 11.6. The number of nitrogens with one attached hydrogen (secondary N) is 1. The van der Waals surface area contributed by atoms with Crippen LogP contribution in [0.3, 0.4) is 0 Å². The Morgan fingerprint density at radius 1 is 1.19 bits per heavy atom. The summed E-state index contributed by atoms with van der Waals surface area (Å²) in [6, 6.07) is 8.71. The summed E-state index contributed by atoms with van der Waals surface area (Å²) in [5.41, 5.74) is 1.53. The lowest BCUT2D eigenvalue weighted by atomic mass is 10.1. The van der Waals surface area contributed by atoms with E-state index in [-0.39, 0.29) is 0 Å². The highest BCUT2D eigenvalue weighted by atomic mass is 32.1. The molecule has 1 N–H and O–H groups in total. The van der Waals surface area contributed by atoms with Crippen molar-refractivity contribution in [1.82, 2.24) is 5.32 Å². The van der Waals surface area contributed by atoms with Crippen LogP contribution in [0.25, 0.3) is 10.1 Å². The van der Waals surface area contributed by atoms with Crippen molar-refractivity contribution in [3.8, 4) is 0 Å². The van der Waals surface area contributed by atoms with Crippen LogP contribution < -0.4 is 5.32 Å². The number of benzene rings is 1. The van der Waals surface area contributed by atoms with Crippen LogP contribution >= 0.6 is 11.3 Å². The lowest BCUT2D eigenvalue weighted by molar-refractivity contribution is 0.642. The zero-order chi connectivity index (χ0) is 11.2. The summed E-state index contributed by atoms with van der Waals surface area (Å²) in [7, 11) is 0. The molecular weight excluding hydrogens is 214 g/mol. The first-order chi connectivity index (χ1) is 7.92. The first-order valence-corrected chi connectivity index (χ1v) is 6.95. The van der Waals surface area contributed by atoms with Gasteiger partial charge in [0.1, 0.15) is 0 Å². The van der Waals surface area contributed by atoms with Gasteiger partial charge < -0.3 is 5.32 Å². The minimum absolute atomic E-state index is 1.08. The highest BCUT2D eigenvalue weighted by Gasteiger charge is 2.02. The van der Waals surface area contributed by atoms with Crippen molar-refractivity contribution in [3.63, 3.8) is 0 Å². The lowest BCUT2D eigenvalue weighted by Crippen LogP contribution is -2.13. The van der Waals surface area contributed by atoms with E-state index in [1.807, 2.05) is 11.3 Å². The molecule has 0 saturated heterocycles. The van der Waals surface area contributed by atoms with Gasteiger partial charge >= 0.3 is 0 Å². The smallest absolute Gasteiger partial charge is 0.0345 e. The van der Waals surface area contributed by atoms with Crippen LogP contribution in [-0.4, -0.2) is 13.1 Å². The van der Waals surface area contributed by atoms with Gasteiger partial charge in [0.2, 0.25) is 0 Å². The molecule has 0 aliphatic heterocycles. The molecule has 0 bridgehead atoms. The molecule has 0 atom stereocenters. The van der Waals surface area contributed by atoms with Crippen molar-refractivity contribution < 1.29 is 0 Å². The maximum atomic E-state index is 3.37. The van der Waals surface area contributed by atoms with Gasteiger partial charge in [-0.1, -0.05) is 25.1 Å². The zero-order valence-electron chi connectivity index (χ0n) is 9.83. The Hall–Kier alpha value is -0.860.